The summed E-state index contributed by atoms with van der Waals surface area (Å²) in [6.07, 6.45) is 0. The summed E-state index contributed by atoms with van der Waals surface area (Å²) in [4.78, 5) is 4.18. The summed E-state index contributed by atoms with van der Waals surface area (Å²) in [7, 11) is 0. The predicted octanol–water partition coefficient (Wildman–Crippen LogP) is 3.13. The van der Waals surface area contributed by atoms with Crippen LogP contribution in [-0.2, 0) is 0 Å². The molecule has 4 N–H and O–H groups in total. The van der Waals surface area contributed by atoms with Crippen molar-refractivity contribution < 1.29 is 0 Å². The molecule has 0 amide bonds. The van der Waals surface area contributed by atoms with Crippen molar-refractivity contribution >= 4 is 34.8 Å². The Bertz CT molecular complexity index is 374. The Balaban J connectivity index is 2.88. The maximum Gasteiger partial charge on any atom is 0.161 e. The van der Waals surface area contributed by atoms with Gasteiger partial charge in [0.25, 0.3) is 0 Å². The van der Waals surface area contributed by atoms with E-state index in [1.54, 1.807) is 6.07 Å². The second kappa shape index (κ2) is 5.08. The number of aromatic nitrogens is 1. The number of rotatable bonds is 3. The zero-order chi connectivity index (χ0) is 12.3. The number of nitrogens with two attached hydrogens (primary N) is 1. The third-order valence-corrected chi connectivity index (χ3v) is 2.43. The average Bonchev–Trinajstić information content (AvgIpc) is 2.15. The Labute approximate surface area is 105 Å². The van der Waals surface area contributed by atoms with Gasteiger partial charge in [-0.3, -0.25) is 0 Å². The first kappa shape index (κ1) is 13.4. The summed E-state index contributed by atoms with van der Waals surface area (Å²) in [5.74, 6) is 6.27. The standard InChI is InChI=1S/C10H16Cl2N4/c1-10(2,3)5-14-8-6(11)4-7(12)9(15-8)16-13/h4H,5,13H2,1-3H3,(H2,14,15,16). The highest BCUT2D eigenvalue weighted by atomic mass is 35.5. The second-order valence-electron chi connectivity index (χ2n) is 4.71. The Morgan fingerprint density at radius 3 is 2.31 bits per heavy atom. The van der Waals surface area contributed by atoms with Crippen LogP contribution in [0.5, 0.6) is 0 Å². The quantitative estimate of drug-likeness (QED) is 0.579. The van der Waals surface area contributed by atoms with Gasteiger partial charge in [0.05, 0.1) is 10.0 Å². The number of hydrazine groups is 1. The van der Waals surface area contributed by atoms with Crippen molar-refractivity contribution in [2.24, 2.45) is 11.3 Å². The van der Waals surface area contributed by atoms with Gasteiger partial charge < -0.3 is 10.7 Å². The Kier molecular flexibility index (Phi) is 4.24. The molecule has 4 nitrogen and oxygen atoms in total. The maximum absolute atomic E-state index is 6.01. The van der Waals surface area contributed by atoms with Gasteiger partial charge in [0.1, 0.15) is 5.82 Å². The molecule has 0 aliphatic carbocycles. The van der Waals surface area contributed by atoms with Gasteiger partial charge in [0.2, 0.25) is 0 Å². The predicted molar refractivity (Wildman–Crippen MR) is 70.0 cm³/mol. The molecule has 0 saturated heterocycles. The fourth-order valence-corrected chi connectivity index (χ4v) is 1.52. The first-order valence-electron chi connectivity index (χ1n) is 4.90. The zero-order valence-corrected chi connectivity index (χ0v) is 11.1. The SMILES string of the molecule is CC(C)(C)CNc1nc(NN)c(Cl)cc1Cl. The zero-order valence-electron chi connectivity index (χ0n) is 9.56. The fraction of sp³-hybridized carbons (Fsp3) is 0.500. The van der Waals surface area contributed by atoms with Gasteiger partial charge in [-0.15, -0.1) is 0 Å². The topological polar surface area (TPSA) is 63.0 Å². The molecule has 1 aromatic rings. The highest BCUT2D eigenvalue weighted by Crippen LogP contribution is 2.29. The molecular formula is C10H16Cl2N4. The third-order valence-electron chi connectivity index (χ3n) is 1.85. The molecule has 16 heavy (non-hydrogen) atoms. The van der Waals surface area contributed by atoms with E-state index in [9.17, 15) is 0 Å². The third kappa shape index (κ3) is 3.70. The van der Waals surface area contributed by atoms with E-state index < -0.39 is 0 Å². The van der Waals surface area contributed by atoms with E-state index in [1.165, 1.54) is 0 Å². The van der Waals surface area contributed by atoms with E-state index in [0.717, 1.165) is 6.54 Å². The lowest BCUT2D eigenvalue weighted by Crippen LogP contribution is -2.20. The number of nitrogens with one attached hydrogen (secondary N) is 2. The summed E-state index contributed by atoms with van der Waals surface area (Å²) in [6.45, 7) is 7.11. The molecule has 6 heteroatoms. The fourth-order valence-electron chi connectivity index (χ4n) is 1.04. The van der Waals surface area contributed by atoms with Gasteiger partial charge >= 0.3 is 0 Å². The largest absolute Gasteiger partial charge is 0.368 e. The van der Waals surface area contributed by atoms with Crippen LogP contribution in [0, 0.1) is 5.41 Å². The van der Waals surface area contributed by atoms with Crippen LogP contribution >= 0.6 is 23.2 Å². The van der Waals surface area contributed by atoms with E-state index in [4.69, 9.17) is 29.0 Å². The molecule has 0 aromatic carbocycles. The van der Waals surface area contributed by atoms with Crippen molar-refractivity contribution in [3.63, 3.8) is 0 Å². The molecule has 0 bridgehead atoms. The highest BCUT2D eigenvalue weighted by molar-refractivity contribution is 6.37. The number of pyridine rings is 1. The van der Waals surface area contributed by atoms with Gasteiger partial charge in [-0.25, -0.2) is 10.8 Å². The lowest BCUT2D eigenvalue weighted by atomic mass is 9.97. The number of hydrogen-bond donors (Lipinski definition) is 3. The summed E-state index contributed by atoms with van der Waals surface area (Å²) >= 11 is 11.9. The molecule has 90 valence electrons. The molecule has 0 fully saturated rings. The maximum atomic E-state index is 6.01. The Morgan fingerprint density at radius 1 is 1.25 bits per heavy atom. The van der Waals surface area contributed by atoms with Crippen LogP contribution in [0.4, 0.5) is 11.6 Å². The molecule has 0 unspecified atom stereocenters. The van der Waals surface area contributed by atoms with Crippen molar-refractivity contribution in [2.75, 3.05) is 17.3 Å². The van der Waals surface area contributed by atoms with E-state index in [0.29, 0.717) is 21.7 Å². The summed E-state index contributed by atoms with van der Waals surface area (Å²) in [5.41, 5.74) is 2.56. The van der Waals surface area contributed by atoms with Crippen LogP contribution in [-0.4, -0.2) is 11.5 Å². The van der Waals surface area contributed by atoms with Crippen LogP contribution in [0.3, 0.4) is 0 Å². The highest BCUT2D eigenvalue weighted by Gasteiger charge is 2.13. The van der Waals surface area contributed by atoms with Crippen LogP contribution in [0.15, 0.2) is 6.07 Å². The van der Waals surface area contributed by atoms with Gasteiger partial charge in [0.15, 0.2) is 5.82 Å². The van der Waals surface area contributed by atoms with E-state index in [2.05, 4.69) is 36.5 Å². The summed E-state index contributed by atoms with van der Waals surface area (Å²) in [5, 5.41) is 4.03. The molecule has 0 atom stereocenters. The molecule has 1 rings (SSSR count). The lowest BCUT2D eigenvalue weighted by Gasteiger charge is -2.20. The monoisotopic (exact) mass is 262 g/mol. The van der Waals surface area contributed by atoms with Crippen molar-refractivity contribution in [1.29, 1.82) is 0 Å². The number of nitrogens with zero attached hydrogens (tertiary/aromatic N) is 1. The van der Waals surface area contributed by atoms with E-state index >= 15 is 0 Å². The molecule has 0 radical (unpaired) electrons. The smallest absolute Gasteiger partial charge is 0.161 e. The van der Waals surface area contributed by atoms with Crippen LogP contribution in [0.1, 0.15) is 20.8 Å². The van der Waals surface area contributed by atoms with E-state index in [1.807, 2.05) is 0 Å². The van der Waals surface area contributed by atoms with Gasteiger partial charge in [0, 0.05) is 6.54 Å². The van der Waals surface area contributed by atoms with Crippen LogP contribution in [0.2, 0.25) is 10.0 Å². The molecule has 0 aliphatic heterocycles. The van der Waals surface area contributed by atoms with Crippen molar-refractivity contribution in [2.45, 2.75) is 20.8 Å². The number of hydrogen-bond acceptors (Lipinski definition) is 4. The number of anilines is 2. The van der Waals surface area contributed by atoms with Gasteiger partial charge in [-0.1, -0.05) is 44.0 Å². The van der Waals surface area contributed by atoms with Crippen LogP contribution in [0.25, 0.3) is 0 Å². The summed E-state index contributed by atoms with van der Waals surface area (Å²) < 4.78 is 0. The molecular weight excluding hydrogens is 247 g/mol. The first-order valence-corrected chi connectivity index (χ1v) is 5.65. The minimum atomic E-state index is 0.140. The lowest BCUT2D eigenvalue weighted by molar-refractivity contribution is 0.442. The van der Waals surface area contributed by atoms with Crippen LogP contribution < -0.4 is 16.6 Å². The minimum absolute atomic E-state index is 0.140. The molecule has 0 spiro atoms. The summed E-state index contributed by atoms with van der Waals surface area (Å²) in [6, 6.07) is 1.61. The Morgan fingerprint density at radius 2 is 1.81 bits per heavy atom. The molecule has 0 saturated carbocycles. The Hall–Kier alpha value is -0.710. The van der Waals surface area contributed by atoms with E-state index in [-0.39, 0.29) is 5.41 Å². The van der Waals surface area contributed by atoms with Crippen molar-refractivity contribution in [3.8, 4) is 0 Å². The first-order chi connectivity index (χ1) is 7.33. The van der Waals surface area contributed by atoms with Gasteiger partial charge in [-0.05, 0) is 11.5 Å². The number of nitrogen functional groups attached to an aromatic ring is 1. The minimum Gasteiger partial charge on any atom is -0.368 e. The van der Waals surface area contributed by atoms with Gasteiger partial charge in [-0.2, -0.15) is 0 Å². The molecule has 1 heterocycles. The average molecular weight is 263 g/mol. The molecule has 0 aliphatic rings. The second-order valence-corrected chi connectivity index (χ2v) is 5.52. The van der Waals surface area contributed by atoms with Crippen molar-refractivity contribution in [1.82, 2.24) is 4.98 Å². The normalized spacial score (nSPS) is 11.4. The number of halogens is 2. The molecule has 1 aromatic heterocycles. The van der Waals surface area contributed by atoms with Crippen molar-refractivity contribution in [3.05, 3.63) is 16.1 Å².